The van der Waals surface area contributed by atoms with E-state index in [0.717, 1.165) is 37.3 Å². The van der Waals surface area contributed by atoms with Crippen LogP contribution in [0.2, 0.25) is 5.02 Å². The van der Waals surface area contributed by atoms with Crippen LogP contribution >= 0.6 is 11.6 Å². The Kier molecular flexibility index (Phi) is 5.52. The molecule has 0 saturated carbocycles. The van der Waals surface area contributed by atoms with E-state index in [1.165, 1.54) is 0 Å². The molecular formula is C15H20ClF3N2. The molecule has 0 amide bonds. The van der Waals surface area contributed by atoms with E-state index in [0.29, 0.717) is 5.02 Å². The minimum atomic E-state index is -4.12. The fourth-order valence-corrected chi connectivity index (χ4v) is 3.07. The highest BCUT2D eigenvalue weighted by Crippen LogP contribution is 2.33. The first-order valence-electron chi connectivity index (χ1n) is 7.14. The molecule has 0 spiro atoms. The van der Waals surface area contributed by atoms with E-state index in [-0.39, 0.29) is 12.5 Å². The van der Waals surface area contributed by atoms with Crippen molar-refractivity contribution in [2.24, 2.45) is 0 Å². The number of rotatable bonds is 4. The smallest absolute Gasteiger partial charge is 0.314 e. The summed E-state index contributed by atoms with van der Waals surface area (Å²) in [5, 5.41) is 3.85. The minimum Gasteiger partial charge on any atom is -0.314 e. The van der Waals surface area contributed by atoms with Crippen LogP contribution in [0.15, 0.2) is 18.2 Å². The Bertz CT molecular complexity index is 470. The van der Waals surface area contributed by atoms with Crippen molar-refractivity contribution in [1.82, 2.24) is 10.2 Å². The quantitative estimate of drug-likeness (QED) is 0.904. The van der Waals surface area contributed by atoms with Gasteiger partial charge in [0.05, 0.1) is 0 Å². The molecule has 1 atom stereocenters. The van der Waals surface area contributed by atoms with Crippen LogP contribution in [-0.4, -0.2) is 37.3 Å². The van der Waals surface area contributed by atoms with E-state index >= 15 is 0 Å². The van der Waals surface area contributed by atoms with Gasteiger partial charge in [-0.3, -0.25) is 4.90 Å². The van der Waals surface area contributed by atoms with Gasteiger partial charge < -0.3 is 5.32 Å². The predicted octanol–water partition coefficient (Wildman–Crippen LogP) is 3.94. The number of hydrogen-bond donors (Lipinski definition) is 1. The second-order valence-electron chi connectivity index (χ2n) is 5.46. The van der Waals surface area contributed by atoms with Crippen LogP contribution < -0.4 is 5.32 Å². The molecule has 2 rings (SSSR count). The third-order valence-corrected chi connectivity index (χ3v) is 4.12. The van der Waals surface area contributed by atoms with Gasteiger partial charge in [0.15, 0.2) is 0 Å². The lowest BCUT2D eigenvalue weighted by Crippen LogP contribution is -2.45. The molecule has 6 heteroatoms. The first kappa shape index (κ1) is 16.6. The van der Waals surface area contributed by atoms with Crippen molar-refractivity contribution >= 4 is 11.6 Å². The summed E-state index contributed by atoms with van der Waals surface area (Å²) in [6.07, 6.45) is -4.79. The average Bonchev–Trinajstić information content (AvgIpc) is 2.41. The van der Waals surface area contributed by atoms with E-state index in [4.69, 9.17) is 11.6 Å². The maximum Gasteiger partial charge on any atom is 0.389 e. The molecule has 1 aromatic carbocycles. The van der Waals surface area contributed by atoms with Crippen molar-refractivity contribution in [2.75, 3.05) is 26.2 Å². The first-order chi connectivity index (χ1) is 9.87. The summed E-state index contributed by atoms with van der Waals surface area (Å²) < 4.78 is 37.8. The Balaban J connectivity index is 2.21. The lowest BCUT2D eigenvalue weighted by Gasteiger charge is -2.36. The van der Waals surface area contributed by atoms with E-state index < -0.39 is 12.6 Å². The third-order valence-electron chi connectivity index (χ3n) is 3.88. The molecule has 1 aliphatic rings. The predicted molar refractivity (Wildman–Crippen MR) is 78.7 cm³/mol. The topological polar surface area (TPSA) is 15.3 Å². The van der Waals surface area contributed by atoms with Crippen LogP contribution in [0.25, 0.3) is 0 Å². The van der Waals surface area contributed by atoms with Gasteiger partial charge in [-0.25, -0.2) is 0 Å². The maximum absolute atomic E-state index is 12.6. The van der Waals surface area contributed by atoms with Crippen molar-refractivity contribution in [1.29, 1.82) is 0 Å². The van der Waals surface area contributed by atoms with Gasteiger partial charge >= 0.3 is 6.18 Å². The summed E-state index contributed by atoms with van der Waals surface area (Å²) in [7, 11) is 0. The van der Waals surface area contributed by atoms with Crippen LogP contribution in [0.3, 0.4) is 0 Å². The zero-order chi connectivity index (χ0) is 15.5. The Labute approximate surface area is 128 Å². The fraction of sp³-hybridized carbons (Fsp3) is 0.600. The largest absolute Gasteiger partial charge is 0.389 e. The summed E-state index contributed by atoms with van der Waals surface area (Å²) in [5.41, 5.74) is 1.90. The second-order valence-corrected chi connectivity index (χ2v) is 5.89. The zero-order valence-electron chi connectivity index (χ0n) is 12.0. The van der Waals surface area contributed by atoms with Crippen molar-refractivity contribution in [3.05, 3.63) is 34.3 Å². The highest BCUT2D eigenvalue weighted by atomic mass is 35.5. The van der Waals surface area contributed by atoms with Gasteiger partial charge in [0.1, 0.15) is 0 Å². The summed E-state index contributed by atoms with van der Waals surface area (Å²) in [5.74, 6) is 0. The van der Waals surface area contributed by atoms with Crippen molar-refractivity contribution in [2.45, 2.75) is 32.0 Å². The van der Waals surface area contributed by atoms with Crippen molar-refractivity contribution in [3.8, 4) is 0 Å². The van der Waals surface area contributed by atoms with Gasteiger partial charge in [0, 0.05) is 43.7 Å². The monoisotopic (exact) mass is 320 g/mol. The summed E-state index contributed by atoms with van der Waals surface area (Å²) in [6.45, 7) is 5.07. The number of hydrogen-bond acceptors (Lipinski definition) is 2. The number of benzene rings is 1. The molecule has 1 fully saturated rings. The molecule has 1 aliphatic heterocycles. The standard InChI is InChI=1S/C15H20ClF3N2/c1-11-10-12(16)2-3-13(11)14(4-5-15(17,18)19)21-8-6-20-7-9-21/h2-3,10,14,20H,4-9H2,1H3/t14-/m0/s1. The molecule has 1 aromatic rings. The Morgan fingerprint density at radius 1 is 1.29 bits per heavy atom. The number of aryl methyl sites for hydroxylation is 1. The van der Waals surface area contributed by atoms with E-state index in [9.17, 15) is 13.2 Å². The SMILES string of the molecule is Cc1cc(Cl)ccc1[C@H](CCC(F)(F)F)N1CCNCC1. The Hall–Kier alpha value is -0.780. The van der Waals surface area contributed by atoms with Crippen LogP contribution in [0.1, 0.15) is 30.0 Å². The maximum atomic E-state index is 12.6. The van der Waals surface area contributed by atoms with Crippen molar-refractivity contribution in [3.63, 3.8) is 0 Å². The number of nitrogens with zero attached hydrogens (tertiary/aromatic N) is 1. The van der Waals surface area contributed by atoms with Crippen LogP contribution in [0, 0.1) is 6.92 Å². The highest BCUT2D eigenvalue weighted by molar-refractivity contribution is 6.30. The van der Waals surface area contributed by atoms with Crippen LogP contribution in [-0.2, 0) is 0 Å². The summed E-state index contributed by atoms with van der Waals surface area (Å²) in [6, 6.07) is 5.23. The molecule has 1 heterocycles. The number of alkyl halides is 3. The molecule has 0 bridgehead atoms. The van der Waals surface area contributed by atoms with Crippen LogP contribution in [0.5, 0.6) is 0 Å². The molecule has 21 heavy (non-hydrogen) atoms. The van der Waals surface area contributed by atoms with E-state index in [1.54, 1.807) is 6.07 Å². The third kappa shape index (κ3) is 4.87. The minimum absolute atomic E-state index is 0.0893. The van der Waals surface area contributed by atoms with Gasteiger partial charge in [-0.15, -0.1) is 0 Å². The lowest BCUT2D eigenvalue weighted by molar-refractivity contribution is -0.138. The molecule has 2 nitrogen and oxygen atoms in total. The zero-order valence-corrected chi connectivity index (χ0v) is 12.8. The van der Waals surface area contributed by atoms with Gasteiger partial charge in [0.2, 0.25) is 0 Å². The molecule has 118 valence electrons. The van der Waals surface area contributed by atoms with Gasteiger partial charge in [-0.1, -0.05) is 17.7 Å². The number of piperazine rings is 1. The van der Waals surface area contributed by atoms with Gasteiger partial charge in [-0.05, 0) is 36.6 Å². The van der Waals surface area contributed by atoms with E-state index in [2.05, 4.69) is 10.2 Å². The highest BCUT2D eigenvalue weighted by Gasteiger charge is 2.31. The molecule has 1 N–H and O–H groups in total. The first-order valence-corrected chi connectivity index (χ1v) is 7.52. The molecular weight excluding hydrogens is 301 g/mol. The average molecular weight is 321 g/mol. The summed E-state index contributed by atoms with van der Waals surface area (Å²) in [4.78, 5) is 2.14. The van der Waals surface area contributed by atoms with Gasteiger partial charge in [-0.2, -0.15) is 13.2 Å². The van der Waals surface area contributed by atoms with Crippen molar-refractivity contribution < 1.29 is 13.2 Å². The van der Waals surface area contributed by atoms with Gasteiger partial charge in [0.25, 0.3) is 0 Å². The number of nitrogens with one attached hydrogen (secondary N) is 1. The summed E-state index contributed by atoms with van der Waals surface area (Å²) >= 11 is 5.95. The van der Waals surface area contributed by atoms with Crippen LogP contribution in [0.4, 0.5) is 13.2 Å². The molecule has 0 aliphatic carbocycles. The fourth-order valence-electron chi connectivity index (χ4n) is 2.84. The molecule has 0 aromatic heterocycles. The molecule has 0 radical (unpaired) electrons. The molecule has 0 unspecified atom stereocenters. The second kappa shape index (κ2) is 6.99. The normalized spacial score (nSPS) is 18.7. The van der Waals surface area contributed by atoms with E-state index in [1.807, 2.05) is 19.1 Å². The Morgan fingerprint density at radius 2 is 1.95 bits per heavy atom. The molecule has 1 saturated heterocycles. The lowest BCUT2D eigenvalue weighted by atomic mass is 9.95. The Morgan fingerprint density at radius 3 is 2.52 bits per heavy atom. The number of halogens is 4.